The number of benzene rings is 1. The van der Waals surface area contributed by atoms with Gasteiger partial charge in [0, 0.05) is 38.3 Å². The quantitative estimate of drug-likeness (QED) is 0.777. The van der Waals surface area contributed by atoms with Gasteiger partial charge in [0.05, 0.1) is 26.5 Å². The highest BCUT2D eigenvalue weighted by atomic mass is 16.5. The van der Waals surface area contributed by atoms with Crippen LogP contribution in [0.1, 0.15) is 32.1 Å². The zero-order valence-corrected chi connectivity index (χ0v) is 18.3. The van der Waals surface area contributed by atoms with Crippen molar-refractivity contribution in [2.45, 2.75) is 38.1 Å². The van der Waals surface area contributed by atoms with Crippen molar-refractivity contribution in [2.75, 3.05) is 52.3 Å². The minimum absolute atomic E-state index is 0.00428. The van der Waals surface area contributed by atoms with Crippen molar-refractivity contribution >= 4 is 11.6 Å². The number of carbonyl (C=O) groups excluding carboxylic acids is 1. The Morgan fingerprint density at radius 2 is 1.63 bits per heavy atom. The van der Waals surface area contributed by atoms with E-state index in [0.717, 1.165) is 55.9 Å². The van der Waals surface area contributed by atoms with Crippen LogP contribution in [0, 0.1) is 23.7 Å². The van der Waals surface area contributed by atoms with E-state index in [2.05, 4.69) is 15.1 Å². The molecule has 0 atom stereocenters. The van der Waals surface area contributed by atoms with E-state index >= 15 is 0 Å². The molecule has 0 unspecified atom stereocenters. The molecule has 6 rings (SSSR count). The molecule has 1 amide bonds. The molecular formula is C24H35N3O3. The Balaban J connectivity index is 1.14. The van der Waals surface area contributed by atoms with Crippen LogP contribution in [0.3, 0.4) is 0 Å². The second-order valence-electron chi connectivity index (χ2n) is 9.85. The molecule has 6 heteroatoms. The van der Waals surface area contributed by atoms with E-state index in [-0.39, 0.29) is 5.91 Å². The molecule has 0 radical (unpaired) electrons. The van der Waals surface area contributed by atoms with E-state index in [1.807, 2.05) is 12.1 Å². The highest BCUT2D eigenvalue weighted by molar-refractivity contribution is 5.94. The van der Waals surface area contributed by atoms with Gasteiger partial charge in [-0.25, -0.2) is 0 Å². The predicted molar refractivity (Wildman–Crippen MR) is 117 cm³/mol. The van der Waals surface area contributed by atoms with Crippen LogP contribution in [0.5, 0.6) is 11.5 Å². The van der Waals surface area contributed by atoms with Gasteiger partial charge in [0.2, 0.25) is 5.91 Å². The van der Waals surface area contributed by atoms with Crippen molar-refractivity contribution in [3.8, 4) is 11.5 Å². The summed E-state index contributed by atoms with van der Waals surface area (Å²) in [5.41, 5.74) is 0.661. The number of piperazine rings is 1. The van der Waals surface area contributed by atoms with Gasteiger partial charge >= 0.3 is 0 Å². The fourth-order valence-electron chi connectivity index (χ4n) is 7.02. The summed E-state index contributed by atoms with van der Waals surface area (Å²) in [4.78, 5) is 17.7. The summed E-state index contributed by atoms with van der Waals surface area (Å²) in [5, 5.41) is 3.00. The Morgan fingerprint density at radius 1 is 0.967 bits per heavy atom. The average Bonchev–Trinajstić information content (AvgIpc) is 2.74. The Kier molecular flexibility index (Phi) is 5.63. The van der Waals surface area contributed by atoms with Crippen LogP contribution < -0.4 is 14.8 Å². The number of nitrogens with one attached hydrogen (secondary N) is 1. The molecule has 4 bridgehead atoms. The lowest BCUT2D eigenvalue weighted by atomic mass is 9.54. The summed E-state index contributed by atoms with van der Waals surface area (Å²) in [6.07, 6.45) is 7.41. The zero-order valence-electron chi connectivity index (χ0n) is 18.3. The van der Waals surface area contributed by atoms with Crippen molar-refractivity contribution in [1.29, 1.82) is 0 Å². The molecule has 1 saturated heterocycles. The van der Waals surface area contributed by atoms with E-state index in [9.17, 15) is 4.79 Å². The van der Waals surface area contributed by atoms with E-state index in [1.165, 1.54) is 32.1 Å². The summed E-state index contributed by atoms with van der Waals surface area (Å²) < 4.78 is 10.6. The first kappa shape index (κ1) is 20.1. The first-order valence-corrected chi connectivity index (χ1v) is 11.6. The van der Waals surface area contributed by atoms with Crippen molar-refractivity contribution in [2.24, 2.45) is 23.7 Å². The van der Waals surface area contributed by atoms with Gasteiger partial charge in [0.25, 0.3) is 0 Å². The largest absolute Gasteiger partial charge is 0.497 e. The molecule has 1 aliphatic heterocycles. The van der Waals surface area contributed by atoms with Crippen molar-refractivity contribution in [3.05, 3.63) is 18.2 Å². The summed E-state index contributed by atoms with van der Waals surface area (Å²) in [5.74, 6) is 5.30. The summed E-state index contributed by atoms with van der Waals surface area (Å²) >= 11 is 0. The first-order chi connectivity index (χ1) is 14.6. The lowest BCUT2D eigenvalue weighted by Gasteiger charge is -2.58. The molecule has 0 spiro atoms. The maximum absolute atomic E-state index is 12.7. The van der Waals surface area contributed by atoms with Gasteiger partial charge in [-0.15, -0.1) is 0 Å². The number of ether oxygens (including phenoxy) is 2. The topological polar surface area (TPSA) is 54.0 Å². The van der Waals surface area contributed by atoms with Crippen LogP contribution in [0.25, 0.3) is 0 Å². The van der Waals surface area contributed by atoms with Gasteiger partial charge in [-0.1, -0.05) is 0 Å². The minimum Gasteiger partial charge on any atom is -0.497 e. The van der Waals surface area contributed by atoms with E-state index in [4.69, 9.17) is 9.47 Å². The van der Waals surface area contributed by atoms with Gasteiger partial charge in [-0.05, 0) is 67.9 Å². The van der Waals surface area contributed by atoms with E-state index in [1.54, 1.807) is 20.3 Å². The van der Waals surface area contributed by atoms with Crippen LogP contribution in [0.15, 0.2) is 18.2 Å². The molecular weight excluding hydrogens is 378 g/mol. The highest BCUT2D eigenvalue weighted by Gasteiger charge is 2.50. The second-order valence-corrected chi connectivity index (χ2v) is 9.85. The molecule has 6 nitrogen and oxygen atoms in total. The number of anilines is 1. The molecule has 5 aliphatic rings. The Morgan fingerprint density at radius 3 is 2.23 bits per heavy atom. The molecule has 1 aromatic rings. The molecule has 164 valence electrons. The number of carbonyl (C=O) groups is 1. The van der Waals surface area contributed by atoms with Crippen LogP contribution in [-0.4, -0.2) is 68.7 Å². The maximum Gasteiger partial charge on any atom is 0.238 e. The summed E-state index contributed by atoms with van der Waals surface area (Å²) in [7, 11) is 3.23. The minimum atomic E-state index is 0.00428. The van der Waals surface area contributed by atoms with Gasteiger partial charge < -0.3 is 14.8 Å². The number of hydrogen-bond donors (Lipinski definition) is 1. The third-order valence-corrected chi connectivity index (χ3v) is 8.05. The van der Waals surface area contributed by atoms with Crippen LogP contribution in [-0.2, 0) is 4.79 Å². The third kappa shape index (κ3) is 3.92. The van der Waals surface area contributed by atoms with Gasteiger partial charge in [-0.2, -0.15) is 0 Å². The summed E-state index contributed by atoms with van der Waals surface area (Å²) in [6.45, 7) is 4.58. The molecule has 4 saturated carbocycles. The Hall–Kier alpha value is -1.79. The van der Waals surface area contributed by atoms with Gasteiger partial charge in [0.1, 0.15) is 11.5 Å². The van der Waals surface area contributed by atoms with E-state index < -0.39 is 0 Å². The number of hydrogen-bond acceptors (Lipinski definition) is 5. The van der Waals surface area contributed by atoms with Crippen LogP contribution in [0.4, 0.5) is 5.69 Å². The SMILES string of the molecule is COc1ccc(OC)c(NC(=O)CN2CCN(C3C4CC5CC(C4)CC3C5)CC2)c1. The predicted octanol–water partition coefficient (Wildman–Crippen LogP) is 3.08. The molecule has 1 aromatic carbocycles. The summed E-state index contributed by atoms with van der Waals surface area (Å²) in [6, 6.07) is 6.27. The first-order valence-electron chi connectivity index (χ1n) is 11.6. The molecule has 5 fully saturated rings. The lowest BCUT2D eigenvalue weighted by Crippen LogP contribution is -2.60. The van der Waals surface area contributed by atoms with Crippen LogP contribution >= 0.6 is 0 Å². The molecule has 1 heterocycles. The van der Waals surface area contributed by atoms with Crippen molar-refractivity contribution in [1.82, 2.24) is 9.80 Å². The number of amides is 1. The number of nitrogens with zero attached hydrogens (tertiary/aromatic N) is 2. The van der Waals surface area contributed by atoms with Crippen molar-refractivity contribution in [3.63, 3.8) is 0 Å². The standard InChI is InChI=1S/C24H35N3O3/c1-29-20-3-4-22(30-2)21(14-20)25-23(28)15-26-5-7-27(8-6-26)24-18-10-16-9-17(12-18)13-19(24)11-16/h3-4,14,16-19,24H,5-13,15H2,1-2H3,(H,25,28). The lowest BCUT2D eigenvalue weighted by molar-refractivity contribution is -0.118. The maximum atomic E-state index is 12.7. The second kappa shape index (κ2) is 8.39. The van der Waals surface area contributed by atoms with Crippen LogP contribution in [0.2, 0.25) is 0 Å². The smallest absolute Gasteiger partial charge is 0.238 e. The average molecular weight is 414 g/mol. The third-order valence-electron chi connectivity index (χ3n) is 8.05. The number of rotatable bonds is 6. The zero-order chi connectivity index (χ0) is 20.7. The fraction of sp³-hybridized carbons (Fsp3) is 0.708. The van der Waals surface area contributed by atoms with Crippen molar-refractivity contribution < 1.29 is 14.3 Å². The Labute approximate surface area is 179 Å². The molecule has 0 aromatic heterocycles. The molecule has 1 N–H and O–H groups in total. The van der Waals surface area contributed by atoms with Gasteiger partial charge in [0.15, 0.2) is 0 Å². The number of methoxy groups -OCH3 is 2. The highest BCUT2D eigenvalue weighted by Crippen LogP contribution is 2.55. The Bertz CT molecular complexity index is 747. The molecule has 4 aliphatic carbocycles. The fourth-order valence-corrected chi connectivity index (χ4v) is 7.02. The monoisotopic (exact) mass is 413 g/mol. The van der Waals surface area contributed by atoms with Gasteiger partial charge in [-0.3, -0.25) is 14.6 Å². The van der Waals surface area contributed by atoms with E-state index in [0.29, 0.717) is 23.7 Å². The molecule has 30 heavy (non-hydrogen) atoms. The normalized spacial score (nSPS) is 33.5.